The maximum atomic E-state index is 9.23. The Hall–Kier alpha value is -1.46. The molecular weight excluding hydrogens is 128 g/mol. The predicted molar refractivity (Wildman–Crippen MR) is 29.7 cm³/mol. The first kappa shape index (κ1) is 10.5. The highest BCUT2D eigenvalue weighted by atomic mass is 16.8. The fraction of sp³-hybridized carbons (Fsp3) is 0.333. The van der Waals surface area contributed by atoms with Gasteiger partial charge in [-0.25, -0.2) is 0 Å². The van der Waals surface area contributed by atoms with Crippen molar-refractivity contribution in [3.63, 3.8) is 0 Å². The van der Waals surface area contributed by atoms with Crippen LogP contribution >= 0.6 is 0 Å². The Balaban J connectivity index is 0. The highest BCUT2D eigenvalue weighted by Gasteiger charge is 1.65. The van der Waals surface area contributed by atoms with Crippen LogP contribution in [0.5, 0.6) is 0 Å². The largest absolute Gasteiger partial charge is 0.418 e. The minimum absolute atomic E-state index is 0.250. The normalized spacial score (nSPS) is 9.22. The van der Waals surface area contributed by atoms with Gasteiger partial charge in [-0.2, -0.15) is 0 Å². The van der Waals surface area contributed by atoms with E-state index in [1.165, 1.54) is 6.92 Å². The second-order valence-electron chi connectivity index (χ2n) is 0.913. The molecule has 0 unspecified atom stereocenters. The first-order valence-electron chi connectivity index (χ1n) is 1.92. The average Bonchev–Trinajstić information content (AvgIpc) is 1.65. The third-order valence-corrected chi connectivity index (χ3v) is 0.221. The van der Waals surface area contributed by atoms with Gasteiger partial charge in [0.2, 0.25) is 6.21 Å². The van der Waals surface area contributed by atoms with Crippen LogP contribution in [0.15, 0.2) is 0 Å². The van der Waals surface area contributed by atoms with Crippen LogP contribution in [0.1, 0.15) is 6.92 Å². The summed E-state index contributed by atoms with van der Waals surface area (Å²) in [7, 11) is 0. The van der Waals surface area contributed by atoms with Gasteiger partial charge < -0.3 is 10.4 Å². The molecule has 6 heteroatoms. The van der Waals surface area contributed by atoms with Crippen LogP contribution in [0.25, 0.3) is 0 Å². The fourth-order valence-electron chi connectivity index (χ4n) is 0. The molecule has 0 heterocycles. The molecule has 0 amide bonds. The molecule has 6 nitrogen and oxygen atoms in total. The van der Waals surface area contributed by atoms with Crippen LogP contribution in [0, 0.1) is 10.4 Å². The Morgan fingerprint density at radius 1 is 1.44 bits per heavy atom. The first-order chi connectivity index (χ1) is 4.00. The Bertz CT molecular complexity index is 102. The van der Waals surface area contributed by atoms with Crippen LogP contribution in [-0.2, 0) is 0 Å². The van der Waals surface area contributed by atoms with E-state index in [0.29, 0.717) is 0 Å². The van der Waals surface area contributed by atoms with Crippen molar-refractivity contribution in [2.45, 2.75) is 6.92 Å². The molecule has 0 rings (SSSR count). The van der Waals surface area contributed by atoms with Gasteiger partial charge in [-0.15, -0.1) is 0 Å². The van der Waals surface area contributed by atoms with E-state index in [4.69, 9.17) is 15.6 Å². The van der Waals surface area contributed by atoms with Gasteiger partial charge in [0.25, 0.3) is 0 Å². The zero-order valence-corrected chi connectivity index (χ0v) is 4.89. The topological polar surface area (TPSA) is 92.6 Å². The monoisotopic (exact) mass is 136 g/mol. The number of nitrogens with zero attached hydrogens (tertiary/aromatic N) is 2. The molecule has 0 fully saturated rings. The molecule has 0 saturated heterocycles. The van der Waals surface area contributed by atoms with E-state index in [1.54, 1.807) is 0 Å². The molecule has 0 aromatic rings. The minimum Gasteiger partial charge on any atom is -0.418 e. The summed E-state index contributed by atoms with van der Waals surface area (Å²) in [5, 5.41) is 32.8. The maximum Gasteiger partial charge on any atom is 0.206 e. The lowest BCUT2D eigenvalue weighted by Gasteiger charge is -1.75. The summed E-state index contributed by atoms with van der Waals surface area (Å²) in [5.74, 6) is 0. The van der Waals surface area contributed by atoms with Gasteiger partial charge in [0, 0.05) is 16.7 Å². The van der Waals surface area contributed by atoms with E-state index in [-0.39, 0.29) is 4.90 Å². The van der Waals surface area contributed by atoms with Gasteiger partial charge in [0.05, 0.1) is 0 Å². The third-order valence-electron chi connectivity index (χ3n) is 0.221. The third kappa shape index (κ3) is 462. The SMILES string of the molecule is C=[N+]([O-])O.CC=[N+]([O-])O. The van der Waals surface area contributed by atoms with Gasteiger partial charge >= 0.3 is 0 Å². The molecule has 0 spiro atoms. The zero-order chi connectivity index (χ0) is 7.86. The summed E-state index contributed by atoms with van der Waals surface area (Å²) < 4.78 is 0. The van der Waals surface area contributed by atoms with Crippen LogP contribution in [0.2, 0.25) is 0 Å². The van der Waals surface area contributed by atoms with E-state index in [1.807, 2.05) is 0 Å². The lowest BCUT2D eigenvalue weighted by atomic mass is 10.9. The molecule has 0 saturated carbocycles. The van der Waals surface area contributed by atoms with Gasteiger partial charge in [0.1, 0.15) is 0 Å². The van der Waals surface area contributed by atoms with Gasteiger partial charge in [-0.05, 0) is 0 Å². The van der Waals surface area contributed by atoms with Crippen molar-refractivity contribution >= 4 is 12.9 Å². The maximum absolute atomic E-state index is 9.23. The summed E-state index contributed by atoms with van der Waals surface area (Å²) >= 11 is 0. The summed E-state index contributed by atoms with van der Waals surface area (Å²) in [6.45, 7) is 3.91. The van der Waals surface area contributed by atoms with Crippen molar-refractivity contribution in [2.24, 2.45) is 0 Å². The van der Waals surface area contributed by atoms with Gasteiger partial charge in [-0.3, -0.25) is 10.4 Å². The van der Waals surface area contributed by atoms with Crippen molar-refractivity contribution in [3.8, 4) is 0 Å². The Kier molecular flexibility index (Phi) is 7.64. The second kappa shape index (κ2) is 6.54. The van der Waals surface area contributed by atoms with Gasteiger partial charge in [-0.1, -0.05) is 0 Å². The van der Waals surface area contributed by atoms with Crippen LogP contribution in [0.4, 0.5) is 0 Å². The first-order valence-corrected chi connectivity index (χ1v) is 1.92. The minimum atomic E-state index is -0.500. The highest BCUT2D eigenvalue weighted by Crippen LogP contribution is 1.46. The van der Waals surface area contributed by atoms with Crippen LogP contribution in [-0.4, -0.2) is 33.2 Å². The number of hydrogen-bond acceptors (Lipinski definition) is 4. The highest BCUT2D eigenvalue weighted by molar-refractivity contribution is 5.46. The zero-order valence-electron chi connectivity index (χ0n) is 4.89. The second-order valence-corrected chi connectivity index (χ2v) is 0.913. The summed E-state index contributed by atoms with van der Waals surface area (Å²) in [6, 6.07) is 0. The summed E-state index contributed by atoms with van der Waals surface area (Å²) in [5.41, 5.74) is 0. The number of hydrogen-bond donors (Lipinski definition) is 2. The molecule has 0 aliphatic rings. The molecule has 9 heavy (non-hydrogen) atoms. The standard InChI is InChI=1S/C2H5NO2.CH3NO2/c1-2-3(4)5;1-2(3)4/h2H,1H3,(H,4,5);1H2,(H,3,4). The molecule has 0 aromatic heterocycles. The smallest absolute Gasteiger partial charge is 0.206 e. The average molecular weight is 136 g/mol. The van der Waals surface area contributed by atoms with Crippen molar-refractivity contribution in [2.75, 3.05) is 0 Å². The predicted octanol–water partition coefficient (Wildman–Crippen LogP) is -0.437. The van der Waals surface area contributed by atoms with Crippen molar-refractivity contribution in [1.82, 2.24) is 0 Å². The lowest BCUT2D eigenvalue weighted by Crippen LogP contribution is -1.91. The molecule has 0 atom stereocenters. The fourth-order valence-corrected chi connectivity index (χ4v) is 0. The molecule has 0 radical (unpaired) electrons. The number of rotatable bonds is 0. The summed E-state index contributed by atoms with van der Waals surface area (Å²) in [4.78, 5) is -0.750. The van der Waals surface area contributed by atoms with Crippen molar-refractivity contribution in [3.05, 3.63) is 10.4 Å². The van der Waals surface area contributed by atoms with E-state index in [0.717, 1.165) is 6.21 Å². The van der Waals surface area contributed by atoms with E-state index in [9.17, 15) is 5.21 Å². The van der Waals surface area contributed by atoms with E-state index in [2.05, 4.69) is 6.72 Å². The van der Waals surface area contributed by atoms with Crippen molar-refractivity contribution in [1.29, 1.82) is 0 Å². The molecule has 0 aliphatic heterocycles. The molecule has 54 valence electrons. The Morgan fingerprint density at radius 2 is 1.56 bits per heavy atom. The molecule has 0 aliphatic carbocycles. The molecular formula is C3H8N2O4. The van der Waals surface area contributed by atoms with E-state index < -0.39 is 4.90 Å². The lowest BCUT2D eigenvalue weighted by molar-refractivity contribution is -0.723. The quantitative estimate of drug-likeness (QED) is 0.204. The Morgan fingerprint density at radius 3 is 1.56 bits per heavy atom. The molecule has 0 bridgehead atoms. The molecule has 2 N–H and O–H groups in total. The van der Waals surface area contributed by atoms with Crippen molar-refractivity contribution < 1.29 is 20.2 Å². The van der Waals surface area contributed by atoms with E-state index >= 15 is 0 Å². The molecule has 0 aromatic carbocycles. The summed E-state index contributed by atoms with van der Waals surface area (Å²) in [6.07, 6.45) is 1.00. The Labute approximate surface area is 51.7 Å². The van der Waals surface area contributed by atoms with Crippen LogP contribution < -0.4 is 0 Å². The van der Waals surface area contributed by atoms with Crippen LogP contribution in [0.3, 0.4) is 0 Å². The van der Waals surface area contributed by atoms with Gasteiger partial charge in [0.15, 0.2) is 6.72 Å².